The molecule has 76 valence electrons. The molecule has 0 fully saturated rings. The molecule has 2 aromatic rings. The topological polar surface area (TPSA) is 25.8 Å². The quantitative estimate of drug-likeness (QED) is 0.744. The van der Waals surface area contributed by atoms with E-state index in [1.165, 1.54) is 18.3 Å². The zero-order valence-electron chi connectivity index (χ0n) is 7.42. The average Bonchev–Trinajstić information content (AvgIpc) is 2.17. The molecule has 0 unspecified atom stereocenters. The van der Waals surface area contributed by atoms with Gasteiger partial charge in [-0.2, -0.15) is 0 Å². The van der Waals surface area contributed by atoms with Crippen molar-refractivity contribution in [1.29, 1.82) is 0 Å². The van der Waals surface area contributed by atoms with Gasteiger partial charge in [-0.1, -0.05) is 0 Å². The molecule has 0 N–H and O–H groups in total. The van der Waals surface area contributed by atoms with E-state index < -0.39 is 11.6 Å². The first kappa shape index (κ1) is 10.2. The lowest BCUT2D eigenvalue weighted by atomic mass is 10.1. The number of aromatic nitrogens is 2. The van der Waals surface area contributed by atoms with Crippen LogP contribution in [0.5, 0.6) is 0 Å². The van der Waals surface area contributed by atoms with Crippen molar-refractivity contribution >= 4 is 15.9 Å². The van der Waals surface area contributed by atoms with Crippen LogP contribution < -0.4 is 0 Å². The number of halogens is 3. The molecule has 0 amide bonds. The second-order valence-corrected chi connectivity index (χ2v) is 3.54. The zero-order valence-corrected chi connectivity index (χ0v) is 9.00. The first-order valence-electron chi connectivity index (χ1n) is 4.11. The molecule has 0 radical (unpaired) electrons. The van der Waals surface area contributed by atoms with Gasteiger partial charge >= 0.3 is 0 Å². The summed E-state index contributed by atoms with van der Waals surface area (Å²) in [5.74, 6) is -1.25. The van der Waals surface area contributed by atoms with Crippen LogP contribution in [0.1, 0.15) is 0 Å². The van der Waals surface area contributed by atoms with Crippen molar-refractivity contribution in [3.8, 4) is 11.3 Å². The maximum atomic E-state index is 13.4. The molecule has 0 spiro atoms. The summed E-state index contributed by atoms with van der Waals surface area (Å²) < 4.78 is 26.4. The van der Waals surface area contributed by atoms with Crippen LogP contribution >= 0.6 is 15.9 Å². The molecule has 0 aliphatic carbocycles. The molecule has 0 aliphatic rings. The second-order valence-electron chi connectivity index (χ2n) is 2.84. The van der Waals surface area contributed by atoms with Crippen LogP contribution in [-0.4, -0.2) is 9.97 Å². The van der Waals surface area contributed by atoms with Crippen molar-refractivity contribution in [2.24, 2.45) is 0 Å². The van der Waals surface area contributed by atoms with Gasteiger partial charge in [0, 0.05) is 17.8 Å². The Hall–Kier alpha value is -1.36. The van der Waals surface area contributed by atoms with Crippen LogP contribution in [0.3, 0.4) is 0 Å². The van der Waals surface area contributed by atoms with E-state index in [1.807, 2.05) is 0 Å². The van der Waals surface area contributed by atoms with E-state index in [9.17, 15) is 8.78 Å². The van der Waals surface area contributed by atoms with Crippen molar-refractivity contribution in [3.05, 3.63) is 46.8 Å². The fourth-order valence-electron chi connectivity index (χ4n) is 1.18. The Kier molecular flexibility index (Phi) is 2.73. The van der Waals surface area contributed by atoms with Gasteiger partial charge in [-0.25, -0.2) is 18.7 Å². The third kappa shape index (κ3) is 2.18. The highest BCUT2D eigenvalue weighted by Crippen LogP contribution is 2.21. The molecule has 0 saturated heterocycles. The summed E-state index contributed by atoms with van der Waals surface area (Å²) in [4.78, 5) is 7.80. The predicted octanol–water partition coefficient (Wildman–Crippen LogP) is 3.18. The SMILES string of the molecule is Fc1ccc(-c2ccnc(Br)n2)c(F)c1. The Balaban J connectivity index is 2.54. The fourth-order valence-corrected chi connectivity index (χ4v) is 1.49. The minimum atomic E-state index is -0.638. The van der Waals surface area contributed by atoms with Gasteiger partial charge in [0.2, 0.25) is 0 Å². The number of benzene rings is 1. The molecule has 1 aromatic carbocycles. The lowest BCUT2D eigenvalue weighted by Crippen LogP contribution is -1.91. The molecule has 0 atom stereocenters. The number of nitrogens with zero attached hydrogens (tertiary/aromatic N) is 2. The van der Waals surface area contributed by atoms with E-state index in [2.05, 4.69) is 25.9 Å². The van der Waals surface area contributed by atoms with Gasteiger partial charge in [0.15, 0.2) is 4.73 Å². The molecule has 0 saturated carbocycles. The number of hydrogen-bond acceptors (Lipinski definition) is 2. The van der Waals surface area contributed by atoms with Gasteiger partial charge in [0.1, 0.15) is 11.6 Å². The number of hydrogen-bond donors (Lipinski definition) is 0. The Morgan fingerprint density at radius 3 is 2.60 bits per heavy atom. The molecular weight excluding hydrogens is 266 g/mol. The van der Waals surface area contributed by atoms with Crippen LogP contribution in [0.15, 0.2) is 35.2 Å². The predicted molar refractivity (Wildman–Crippen MR) is 55.1 cm³/mol. The van der Waals surface area contributed by atoms with E-state index >= 15 is 0 Å². The van der Waals surface area contributed by atoms with Crippen molar-refractivity contribution in [1.82, 2.24) is 9.97 Å². The minimum absolute atomic E-state index is 0.250. The Morgan fingerprint density at radius 2 is 1.93 bits per heavy atom. The van der Waals surface area contributed by atoms with Crippen molar-refractivity contribution in [2.45, 2.75) is 0 Å². The standard InChI is InChI=1S/C10H5BrF2N2/c11-10-14-4-3-9(15-10)7-2-1-6(12)5-8(7)13/h1-5H. The van der Waals surface area contributed by atoms with Gasteiger partial charge in [0.25, 0.3) is 0 Å². The normalized spacial score (nSPS) is 10.3. The summed E-state index contributed by atoms with van der Waals surface area (Å²) in [7, 11) is 0. The van der Waals surface area contributed by atoms with E-state index in [-0.39, 0.29) is 5.56 Å². The van der Waals surface area contributed by atoms with E-state index in [1.54, 1.807) is 6.07 Å². The Labute approximate surface area is 93.1 Å². The number of rotatable bonds is 1. The van der Waals surface area contributed by atoms with Crippen molar-refractivity contribution in [2.75, 3.05) is 0 Å². The van der Waals surface area contributed by atoms with E-state index in [0.717, 1.165) is 6.07 Å². The minimum Gasteiger partial charge on any atom is -0.231 e. The summed E-state index contributed by atoms with van der Waals surface area (Å²) in [5, 5.41) is 0. The molecule has 0 bridgehead atoms. The van der Waals surface area contributed by atoms with Crippen LogP contribution in [-0.2, 0) is 0 Å². The van der Waals surface area contributed by atoms with Crippen LogP contribution in [0, 0.1) is 11.6 Å². The molecule has 1 heterocycles. The molecule has 5 heteroatoms. The van der Waals surface area contributed by atoms with Gasteiger partial charge in [-0.05, 0) is 34.1 Å². The molecular formula is C10H5BrF2N2. The third-order valence-electron chi connectivity index (χ3n) is 1.83. The van der Waals surface area contributed by atoms with Gasteiger partial charge in [-0.3, -0.25) is 0 Å². The smallest absolute Gasteiger partial charge is 0.197 e. The molecule has 15 heavy (non-hydrogen) atoms. The van der Waals surface area contributed by atoms with Gasteiger partial charge in [-0.15, -0.1) is 0 Å². The van der Waals surface area contributed by atoms with Gasteiger partial charge < -0.3 is 0 Å². The summed E-state index contributed by atoms with van der Waals surface area (Å²) in [6.07, 6.45) is 1.50. The van der Waals surface area contributed by atoms with Crippen LogP contribution in [0.25, 0.3) is 11.3 Å². The fraction of sp³-hybridized carbons (Fsp3) is 0. The van der Waals surface area contributed by atoms with Crippen molar-refractivity contribution in [3.63, 3.8) is 0 Å². The van der Waals surface area contributed by atoms with Crippen molar-refractivity contribution < 1.29 is 8.78 Å². The van der Waals surface area contributed by atoms with Gasteiger partial charge in [0.05, 0.1) is 5.69 Å². The largest absolute Gasteiger partial charge is 0.231 e. The highest BCUT2D eigenvalue weighted by atomic mass is 79.9. The maximum Gasteiger partial charge on any atom is 0.197 e. The van der Waals surface area contributed by atoms with Crippen LogP contribution in [0.2, 0.25) is 0 Å². The van der Waals surface area contributed by atoms with E-state index in [0.29, 0.717) is 10.4 Å². The summed E-state index contributed by atoms with van der Waals surface area (Å²) in [6, 6.07) is 4.92. The maximum absolute atomic E-state index is 13.4. The summed E-state index contributed by atoms with van der Waals surface area (Å²) in [5.41, 5.74) is 0.661. The lowest BCUT2D eigenvalue weighted by molar-refractivity contribution is 0.585. The average molecular weight is 271 g/mol. The van der Waals surface area contributed by atoms with Crippen LogP contribution in [0.4, 0.5) is 8.78 Å². The first-order valence-corrected chi connectivity index (χ1v) is 4.90. The highest BCUT2D eigenvalue weighted by Gasteiger charge is 2.07. The summed E-state index contributed by atoms with van der Waals surface area (Å²) in [6.45, 7) is 0. The van der Waals surface area contributed by atoms with E-state index in [4.69, 9.17) is 0 Å². The molecule has 2 rings (SSSR count). The third-order valence-corrected chi connectivity index (χ3v) is 2.22. The Bertz CT molecular complexity index is 503. The molecule has 0 aliphatic heterocycles. The monoisotopic (exact) mass is 270 g/mol. The second kappa shape index (κ2) is 4.02. The zero-order chi connectivity index (χ0) is 10.8. The molecule has 1 aromatic heterocycles. The molecule has 2 nitrogen and oxygen atoms in total. The first-order chi connectivity index (χ1) is 7.16. The lowest BCUT2D eigenvalue weighted by Gasteiger charge is -2.02. The Morgan fingerprint density at radius 1 is 1.13 bits per heavy atom. The summed E-state index contributed by atoms with van der Waals surface area (Å²) >= 11 is 3.08. The highest BCUT2D eigenvalue weighted by molar-refractivity contribution is 9.10.